The number of aryl methyl sites for hydroxylation is 1. The van der Waals surface area contributed by atoms with Crippen LogP contribution in [0.15, 0.2) is 18.2 Å². The lowest BCUT2D eigenvalue weighted by molar-refractivity contribution is 0.288. The van der Waals surface area contributed by atoms with Crippen LogP contribution in [0.1, 0.15) is 37.8 Å². The highest BCUT2D eigenvalue weighted by Crippen LogP contribution is 2.25. The minimum Gasteiger partial charge on any atom is -0.493 e. The highest BCUT2D eigenvalue weighted by atomic mass is 16.5. The van der Waals surface area contributed by atoms with E-state index in [2.05, 4.69) is 42.7 Å². The third kappa shape index (κ3) is 5.14. The minimum atomic E-state index is 0.737. The molecule has 0 atom stereocenters. The van der Waals surface area contributed by atoms with Crippen LogP contribution in [0.4, 0.5) is 0 Å². The van der Waals surface area contributed by atoms with Crippen molar-refractivity contribution in [2.24, 2.45) is 5.92 Å². The topological polar surface area (TPSA) is 33.3 Å². The van der Waals surface area contributed by atoms with E-state index in [1.165, 1.54) is 17.5 Å². The van der Waals surface area contributed by atoms with Gasteiger partial charge in [-0.25, -0.2) is 0 Å². The van der Waals surface area contributed by atoms with Gasteiger partial charge in [0, 0.05) is 6.54 Å². The monoisotopic (exact) mass is 276 g/mol. The summed E-state index contributed by atoms with van der Waals surface area (Å²) >= 11 is 0. The summed E-state index contributed by atoms with van der Waals surface area (Å²) in [5.74, 6) is 1.82. The molecule has 2 N–H and O–H groups in total. The molecule has 0 radical (unpaired) electrons. The molecule has 0 saturated carbocycles. The van der Waals surface area contributed by atoms with Gasteiger partial charge in [0.25, 0.3) is 0 Å². The lowest BCUT2D eigenvalue weighted by Crippen LogP contribution is -2.24. The largest absolute Gasteiger partial charge is 0.493 e. The first-order valence-corrected chi connectivity index (χ1v) is 7.92. The summed E-state index contributed by atoms with van der Waals surface area (Å²) in [6.07, 6.45) is 3.48. The molecular weight excluding hydrogens is 248 g/mol. The Kier molecular flexibility index (Phi) is 6.34. The molecule has 0 amide bonds. The van der Waals surface area contributed by atoms with E-state index in [1.54, 1.807) is 0 Å². The number of hydrogen-bond donors (Lipinski definition) is 2. The summed E-state index contributed by atoms with van der Waals surface area (Å²) < 4.78 is 5.64. The van der Waals surface area contributed by atoms with Crippen molar-refractivity contribution in [2.45, 2.75) is 39.7 Å². The maximum atomic E-state index is 5.64. The van der Waals surface area contributed by atoms with E-state index >= 15 is 0 Å². The van der Waals surface area contributed by atoms with E-state index in [4.69, 9.17) is 4.74 Å². The number of benzene rings is 1. The molecule has 0 bridgehead atoms. The normalized spacial score (nSPS) is 14.2. The van der Waals surface area contributed by atoms with Gasteiger partial charge in [-0.05, 0) is 62.0 Å². The van der Waals surface area contributed by atoms with Crippen LogP contribution >= 0.6 is 0 Å². The van der Waals surface area contributed by atoms with Crippen molar-refractivity contribution in [3.8, 4) is 5.75 Å². The first-order chi connectivity index (χ1) is 9.75. The summed E-state index contributed by atoms with van der Waals surface area (Å²) in [6, 6.07) is 6.59. The maximum absolute atomic E-state index is 5.64. The third-order valence-corrected chi connectivity index (χ3v) is 3.56. The standard InChI is InChI=1S/C17H28N2O/c1-14(2)12-18-8-4-9-19-13-15-6-7-17-16(11-15)5-3-10-20-17/h6-7,11,14,18-19H,3-5,8-10,12-13H2,1-2H3. The van der Waals surface area contributed by atoms with Gasteiger partial charge in [-0.15, -0.1) is 0 Å². The Morgan fingerprint density at radius 2 is 2.05 bits per heavy atom. The molecule has 1 aromatic carbocycles. The van der Waals surface area contributed by atoms with Crippen LogP contribution in [0.5, 0.6) is 5.75 Å². The second-order valence-electron chi connectivity index (χ2n) is 6.02. The van der Waals surface area contributed by atoms with Crippen LogP contribution in [0.3, 0.4) is 0 Å². The zero-order chi connectivity index (χ0) is 14.2. The summed E-state index contributed by atoms with van der Waals surface area (Å²) in [5.41, 5.74) is 2.73. The van der Waals surface area contributed by atoms with Gasteiger partial charge in [-0.2, -0.15) is 0 Å². The van der Waals surface area contributed by atoms with Gasteiger partial charge >= 0.3 is 0 Å². The van der Waals surface area contributed by atoms with Gasteiger partial charge in [0.2, 0.25) is 0 Å². The molecule has 3 nitrogen and oxygen atoms in total. The zero-order valence-corrected chi connectivity index (χ0v) is 12.9. The Hall–Kier alpha value is -1.06. The van der Waals surface area contributed by atoms with Crippen LogP contribution in [0.2, 0.25) is 0 Å². The number of nitrogens with one attached hydrogen (secondary N) is 2. The van der Waals surface area contributed by atoms with E-state index in [9.17, 15) is 0 Å². The Morgan fingerprint density at radius 3 is 2.90 bits per heavy atom. The van der Waals surface area contributed by atoms with Gasteiger partial charge in [-0.3, -0.25) is 0 Å². The Labute approximate surface area is 123 Å². The van der Waals surface area contributed by atoms with E-state index in [0.29, 0.717) is 0 Å². The van der Waals surface area contributed by atoms with Crippen LogP contribution < -0.4 is 15.4 Å². The lowest BCUT2D eigenvalue weighted by Gasteiger charge is -2.18. The van der Waals surface area contributed by atoms with Gasteiger partial charge < -0.3 is 15.4 Å². The first kappa shape index (κ1) is 15.3. The summed E-state index contributed by atoms with van der Waals surface area (Å²) in [6.45, 7) is 9.59. The average molecular weight is 276 g/mol. The van der Waals surface area contributed by atoms with E-state index < -0.39 is 0 Å². The fourth-order valence-electron chi connectivity index (χ4n) is 2.49. The average Bonchev–Trinajstić information content (AvgIpc) is 2.46. The van der Waals surface area contributed by atoms with Crippen molar-refractivity contribution >= 4 is 0 Å². The van der Waals surface area contributed by atoms with Crippen molar-refractivity contribution in [1.82, 2.24) is 10.6 Å². The highest BCUT2D eigenvalue weighted by Gasteiger charge is 2.10. The molecule has 1 heterocycles. The fraction of sp³-hybridized carbons (Fsp3) is 0.647. The lowest BCUT2D eigenvalue weighted by atomic mass is 10.0. The van der Waals surface area contributed by atoms with Gasteiger partial charge in [0.1, 0.15) is 5.75 Å². The van der Waals surface area contributed by atoms with Gasteiger partial charge in [-0.1, -0.05) is 26.0 Å². The Balaban J connectivity index is 1.62. The molecule has 1 aromatic rings. The van der Waals surface area contributed by atoms with E-state index in [0.717, 1.165) is 57.3 Å². The maximum Gasteiger partial charge on any atom is 0.122 e. The molecule has 0 unspecified atom stereocenters. The summed E-state index contributed by atoms with van der Waals surface area (Å²) in [4.78, 5) is 0. The fourth-order valence-corrected chi connectivity index (χ4v) is 2.49. The third-order valence-electron chi connectivity index (χ3n) is 3.56. The van der Waals surface area contributed by atoms with Crippen molar-refractivity contribution < 1.29 is 4.74 Å². The molecule has 3 heteroatoms. The Bertz CT molecular complexity index is 404. The molecule has 112 valence electrons. The zero-order valence-electron chi connectivity index (χ0n) is 12.9. The molecule has 2 rings (SSSR count). The van der Waals surface area contributed by atoms with E-state index in [1.807, 2.05) is 0 Å². The van der Waals surface area contributed by atoms with Crippen molar-refractivity contribution in [1.29, 1.82) is 0 Å². The van der Waals surface area contributed by atoms with Crippen molar-refractivity contribution in [3.63, 3.8) is 0 Å². The molecule has 1 aliphatic heterocycles. The van der Waals surface area contributed by atoms with Crippen LogP contribution in [0.25, 0.3) is 0 Å². The molecule has 1 aliphatic rings. The van der Waals surface area contributed by atoms with Gasteiger partial charge in [0.05, 0.1) is 6.61 Å². The second-order valence-corrected chi connectivity index (χ2v) is 6.02. The highest BCUT2D eigenvalue weighted by molar-refractivity contribution is 5.38. The number of rotatable bonds is 8. The molecule has 0 saturated heterocycles. The molecule has 0 spiro atoms. The SMILES string of the molecule is CC(C)CNCCCNCc1ccc2c(c1)CCCO2. The predicted molar refractivity (Wildman–Crippen MR) is 84.3 cm³/mol. The number of ether oxygens (including phenoxy) is 1. The molecule has 0 fully saturated rings. The summed E-state index contributed by atoms with van der Waals surface area (Å²) in [7, 11) is 0. The second kappa shape index (κ2) is 8.28. The minimum absolute atomic E-state index is 0.737. The van der Waals surface area contributed by atoms with Gasteiger partial charge in [0.15, 0.2) is 0 Å². The number of fused-ring (bicyclic) bond motifs is 1. The molecule has 0 aliphatic carbocycles. The molecule has 0 aromatic heterocycles. The number of hydrogen-bond acceptors (Lipinski definition) is 3. The van der Waals surface area contributed by atoms with E-state index in [-0.39, 0.29) is 0 Å². The van der Waals surface area contributed by atoms with Crippen molar-refractivity contribution in [3.05, 3.63) is 29.3 Å². The quantitative estimate of drug-likeness (QED) is 0.716. The summed E-state index contributed by atoms with van der Waals surface area (Å²) in [5, 5.41) is 6.98. The first-order valence-electron chi connectivity index (χ1n) is 7.92. The van der Waals surface area contributed by atoms with Crippen molar-refractivity contribution in [2.75, 3.05) is 26.2 Å². The molecule has 20 heavy (non-hydrogen) atoms. The van der Waals surface area contributed by atoms with Crippen LogP contribution in [-0.2, 0) is 13.0 Å². The smallest absolute Gasteiger partial charge is 0.122 e. The van der Waals surface area contributed by atoms with Crippen LogP contribution in [0, 0.1) is 5.92 Å². The molecular formula is C17H28N2O. The Morgan fingerprint density at radius 1 is 1.20 bits per heavy atom. The van der Waals surface area contributed by atoms with Crippen LogP contribution in [-0.4, -0.2) is 26.2 Å². The predicted octanol–water partition coefficient (Wildman–Crippen LogP) is 2.74.